The number of aryl methyl sites for hydroxylation is 1. The van der Waals surface area contributed by atoms with E-state index in [-0.39, 0.29) is 24.1 Å². The van der Waals surface area contributed by atoms with Gasteiger partial charge in [0.15, 0.2) is 0 Å². The SMILES string of the molecule is Cc1ccc(Cl)cc1N1CC(C(=O)NCCc2ccccc2F)CC1=O. The molecule has 2 aromatic carbocycles. The van der Waals surface area contributed by atoms with Crippen LogP contribution in [0, 0.1) is 18.7 Å². The zero-order valence-corrected chi connectivity index (χ0v) is 15.2. The van der Waals surface area contributed by atoms with Crippen molar-refractivity contribution in [2.75, 3.05) is 18.0 Å². The van der Waals surface area contributed by atoms with Crippen LogP contribution in [0.15, 0.2) is 42.5 Å². The summed E-state index contributed by atoms with van der Waals surface area (Å²) in [5, 5.41) is 3.36. The van der Waals surface area contributed by atoms with Gasteiger partial charge in [0.1, 0.15) is 5.82 Å². The van der Waals surface area contributed by atoms with Gasteiger partial charge in [0.05, 0.1) is 5.92 Å². The Kier molecular flexibility index (Phi) is 5.57. The number of nitrogens with zero attached hydrogens (tertiary/aromatic N) is 1. The minimum atomic E-state index is -0.415. The highest BCUT2D eigenvalue weighted by atomic mass is 35.5. The fourth-order valence-electron chi connectivity index (χ4n) is 3.16. The van der Waals surface area contributed by atoms with Gasteiger partial charge in [-0.1, -0.05) is 35.9 Å². The fraction of sp³-hybridized carbons (Fsp3) is 0.300. The number of benzene rings is 2. The van der Waals surface area contributed by atoms with Crippen molar-refractivity contribution in [3.05, 3.63) is 64.4 Å². The van der Waals surface area contributed by atoms with Crippen LogP contribution in [0.1, 0.15) is 17.5 Å². The first-order valence-electron chi connectivity index (χ1n) is 8.53. The highest BCUT2D eigenvalue weighted by Crippen LogP contribution is 2.30. The average molecular weight is 375 g/mol. The van der Waals surface area contributed by atoms with Crippen LogP contribution >= 0.6 is 11.6 Å². The minimum Gasteiger partial charge on any atom is -0.355 e. The summed E-state index contributed by atoms with van der Waals surface area (Å²) >= 11 is 6.03. The van der Waals surface area contributed by atoms with Crippen molar-refractivity contribution in [1.29, 1.82) is 0 Å². The molecule has 4 nitrogen and oxygen atoms in total. The second kappa shape index (κ2) is 7.87. The number of amides is 2. The monoisotopic (exact) mass is 374 g/mol. The van der Waals surface area contributed by atoms with Crippen LogP contribution in [0.2, 0.25) is 5.02 Å². The van der Waals surface area contributed by atoms with E-state index in [0.717, 1.165) is 11.3 Å². The highest BCUT2D eigenvalue weighted by Gasteiger charge is 2.35. The first-order valence-corrected chi connectivity index (χ1v) is 8.91. The van der Waals surface area contributed by atoms with E-state index in [4.69, 9.17) is 11.6 Å². The number of anilines is 1. The molecule has 0 saturated carbocycles. The van der Waals surface area contributed by atoms with E-state index in [2.05, 4.69) is 5.32 Å². The molecule has 2 aromatic rings. The summed E-state index contributed by atoms with van der Waals surface area (Å²) in [4.78, 5) is 26.3. The van der Waals surface area contributed by atoms with Gasteiger partial charge in [-0.2, -0.15) is 0 Å². The second-order valence-electron chi connectivity index (χ2n) is 6.47. The number of carbonyl (C=O) groups is 2. The van der Waals surface area contributed by atoms with E-state index < -0.39 is 5.92 Å². The van der Waals surface area contributed by atoms with E-state index in [1.807, 2.05) is 13.0 Å². The predicted octanol–water partition coefficient (Wildman–Crippen LogP) is 3.50. The molecule has 1 fully saturated rings. The van der Waals surface area contributed by atoms with Crippen LogP contribution < -0.4 is 10.2 Å². The molecule has 1 atom stereocenters. The molecule has 1 aliphatic heterocycles. The van der Waals surface area contributed by atoms with Crippen LogP contribution in [0.3, 0.4) is 0 Å². The quantitative estimate of drug-likeness (QED) is 0.870. The van der Waals surface area contributed by atoms with E-state index in [1.165, 1.54) is 6.07 Å². The lowest BCUT2D eigenvalue weighted by Crippen LogP contribution is -2.34. The van der Waals surface area contributed by atoms with Gasteiger partial charge in [-0.15, -0.1) is 0 Å². The predicted molar refractivity (Wildman–Crippen MR) is 99.8 cm³/mol. The maximum atomic E-state index is 13.6. The normalized spacial score (nSPS) is 16.8. The maximum Gasteiger partial charge on any atom is 0.227 e. The highest BCUT2D eigenvalue weighted by molar-refractivity contribution is 6.31. The molecule has 1 saturated heterocycles. The van der Waals surface area contributed by atoms with Gasteiger partial charge in [0, 0.05) is 30.2 Å². The number of hydrogen-bond donors (Lipinski definition) is 1. The zero-order chi connectivity index (χ0) is 18.7. The van der Waals surface area contributed by atoms with E-state index in [1.54, 1.807) is 35.2 Å². The molecule has 6 heteroatoms. The summed E-state index contributed by atoms with van der Waals surface area (Å²) < 4.78 is 13.6. The topological polar surface area (TPSA) is 49.4 Å². The van der Waals surface area contributed by atoms with Crippen molar-refractivity contribution in [1.82, 2.24) is 5.32 Å². The van der Waals surface area contributed by atoms with Crippen molar-refractivity contribution in [3.8, 4) is 0 Å². The van der Waals surface area contributed by atoms with Gasteiger partial charge in [0.25, 0.3) is 0 Å². The third-order valence-electron chi connectivity index (χ3n) is 4.61. The molecule has 0 bridgehead atoms. The van der Waals surface area contributed by atoms with Crippen molar-refractivity contribution in [2.24, 2.45) is 5.92 Å². The number of rotatable bonds is 5. The number of nitrogens with one attached hydrogen (secondary N) is 1. The molecule has 2 amide bonds. The molecular formula is C20H20ClFN2O2. The van der Waals surface area contributed by atoms with Crippen LogP contribution in [0.25, 0.3) is 0 Å². The smallest absolute Gasteiger partial charge is 0.227 e. The molecule has 0 radical (unpaired) electrons. The van der Waals surface area contributed by atoms with E-state index in [0.29, 0.717) is 30.1 Å². The molecule has 1 heterocycles. The Morgan fingerprint density at radius 2 is 2.08 bits per heavy atom. The Morgan fingerprint density at radius 3 is 2.85 bits per heavy atom. The number of hydrogen-bond acceptors (Lipinski definition) is 2. The minimum absolute atomic E-state index is 0.0929. The van der Waals surface area contributed by atoms with Gasteiger partial charge in [-0.3, -0.25) is 9.59 Å². The summed E-state index contributed by atoms with van der Waals surface area (Å²) in [6, 6.07) is 11.9. The van der Waals surface area contributed by atoms with E-state index in [9.17, 15) is 14.0 Å². The van der Waals surface area contributed by atoms with Crippen molar-refractivity contribution < 1.29 is 14.0 Å². The molecule has 0 aliphatic carbocycles. The second-order valence-corrected chi connectivity index (χ2v) is 6.91. The van der Waals surface area contributed by atoms with Gasteiger partial charge in [-0.05, 0) is 42.7 Å². The Balaban J connectivity index is 1.59. The zero-order valence-electron chi connectivity index (χ0n) is 14.5. The fourth-order valence-corrected chi connectivity index (χ4v) is 3.32. The summed E-state index contributed by atoms with van der Waals surface area (Å²) in [6.45, 7) is 2.56. The number of halogens is 2. The molecule has 1 unspecified atom stereocenters. The summed E-state index contributed by atoms with van der Waals surface area (Å²) in [5.74, 6) is -0.969. The molecule has 1 aliphatic rings. The molecule has 1 N–H and O–H groups in total. The Labute approximate surface area is 157 Å². The average Bonchev–Trinajstić information content (AvgIpc) is 3.00. The molecule has 26 heavy (non-hydrogen) atoms. The standard InChI is InChI=1S/C20H20ClFN2O2/c1-13-6-7-16(21)11-18(13)24-12-15(10-19(24)25)20(26)23-9-8-14-4-2-3-5-17(14)22/h2-7,11,15H,8-10,12H2,1H3,(H,23,26). The van der Waals surface area contributed by atoms with Crippen molar-refractivity contribution in [3.63, 3.8) is 0 Å². The summed E-state index contributed by atoms with van der Waals surface area (Å²) in [5.41, 5.74) is 2.24. The van der Waals surface area contributed by atoms with Crippen molar-refractivity contribution >= 4 is 29.1 Å². The van der Waals surface area contributed by atoms with Gasteiger partial charge in [0.2, 0.25) is 11.8 Å². The third kappa shape index (κ3) is 4.05. The summed E-state index contributed by atoms with van der Waals surface area (Å²) in [7, 11) is 0. The molecule has 3 rings (SSSR count). The maximum absolute atomic E-state index is 13.6. The van der Waals surface area contributed by atoms with Gasteiger partial charge >= 0.3 is 0 Å². The molecule has 136 valence electrons. The lowest BCUT2D eigenvalue weighted by atomic mass is 10.1. The third-order valence-corrected chi connectivity index (χ3v) is 4.84. The summed E-state index contributed by atoms with van der Waals surface area (Å²) in [6.07, 6.45) is 0.577. The first-order chi connectivity index (χ1) is 12.5. The molecule has 0 spiro atoms. The first kappa shape index (κ1) is 18.4. The van der Waals surface area contributed by atoms with Crippen LogP contribution in [-0.2, 0) is 16.0 Å². The Morgan fingerprint density at radius 1 is 1.31 bits per heavy atom. The largest absolute Gasteiger partial charge is 0.355 e. The van der Waals surface area contributed by atoms with E-state index >= 15 is 0 Å². The Bertz CT molecular complexity index is 840. The lowest BCUT2D eigenvalue weighted by molar-refractivity contribution is -0.126. The Hall–Kier alpha value is -2.40. The van der Waals surface area contributed by atoms with Crippen LogP contribution in [0.4, 0.5) is 10.1 Å². The molecular weight excluding hydrogens is 355 g/mol. The van der Waals surface area contributed by atoms with Crippen LogP contribution in [-0.4, -0.2) is 24.9 Å². The van der Waals surface area contributed by atoms with Crippen molar-refractivity contribution in [2.45, 2.75) is 19.8 Å². The number of carbonyl (C=O) groups excluding carboxylic acids is 2. The van der Waals surface area contributed by atoms with Gasteiger partial charge < -0.3 is 10.2 Å². The van der Waals surface area contributed by atoms with Crippen LogP contribution in [0.5, 0.6) is 0 Å². The molecule has 0 aromatic heterocycles. The lowest BCUT2D eigenvalue weighted by Gasteiger charge is -2.19. The van der Waals surface area contributed by atoms with Gasteiger partial charge in [-0.25, -0.2) is 4.39 Å².